The lowest BCUT2D eigenvalue weighted by atomic mass is 9.95. The van der Waals surface area contributed by atoms with Crippen LogP contribution in [0, 0.1) is 0 Å². The van der Waals surface area contributed by atoms with Crippen LogP contribution in [0.15, 0.2) is 75.7 Å². The molecule has 0 saturated carbocycles. The van der Waals surface area contributed by atoms with E-state index in [1.165, 1.54) is 18.8 Å². The number of carbonyl (C=O) groups excluding carboxylic acids is 1. The molecule has 0 fully saturated rings. The van der Waals surface area contributed by atoms with Crippen molar-refractivity contribution in [3.05, 3.63) is 122 Å². The van der Waals surface area contributed by atoms with Crippen LogP contribution in [0.2, 0.25) is 20.1 Å². The van der Waals surface area contributed by atoms with Gasteiger partial charge in [0.25, 0.3) is 5.56 Å². The molecule has 216 valence electrons. The van der Waals surface area contributed by atoms with Gasteiger partial charge in [-0.25, -0.2) is 9.79 Å². The number of allylic oxidation sites excluding steroid dienone is 1. The van der Waals surface area contributed by atoms with Gasteiger partial charge in [0.05, 0.1) is 30.0 Å². The lowest BCUT2D eigenvalue weighted by Gasteiger charge is -2.25. The number of hydrogen-bond donors (Lipinski definition) is 0. The van der Waals surface area contributed by atoms with Crippen molar-refractivity contribution in [2.45, 2.75) is 19.6 Å². The highest BCUT2D eigenvalue weighted by molar-refractivity contribution is 7.07. The third kappa shape index (κ3) is 5.96. The van der Waals surface area contributed by atoms with E-state index >= 15 is 0 Å². The second-order valence-electron chi connectivity index (χ2n) is 9.17. The standard InChI is InChI=1S/C30H22Cl4N2O5S/c1-15-26(29(38)40-3)27(21-12-19(32)7-9-24(21)39-2)36-28(37)25(42-30(36)35-15)11-17-10-18(31)6-8-23(17)41-14-16-4-5-20(33)13-22(16)34/h4-13,27H,14H2,1-3H3/b25-11-/t27-/m0/s1. The first-order valence-electron chi connectivity index (χ1n) is 12.4. The number of hydrogen-bond acceptors (Lipinski definition) is 7. The number of ether oxygens (including phenoxy) is 3. The fourth-order valence-electron chi connectivity index (χ4n) is 4.60. The van der Waals surface area contributed by atoms with Crippen molar-refractivity contribution in [3.8, 4) is 11.5 Å². The number of halogens is 4. The average molecular weight is 664 g/mol. The highest BCUT2D eigenvalue weighted by Crippen LogP contribution is 2.37. The van der Waals surface area contributed by atoms with Gasteiger partial charge in [0, 0.05) is 36.8 Å². The summed E-state index contributed by atoms with van der Waals surface area (Å²) in [5, 5.41) is 1.86. The van der Waals surface area contributed by atoms with Gasteiger partial charge in [-0.15, -0.1) is 0 Å². The molecule has 3 aromatic carbocycles. The Bertz CT molecular complexity index is 1930. The van der Waals surface area contributed by atoms with Gasteiger partial charge in [0.1, 0.15) is 24.1 Å². The van der Waals surface area contributed by atoms with Crippen LogP contribution >= 0.6 is 57.7 Å². The zero-order valence-corrected chi connectivity index (χ0v) is 26.3. The molecule has 0 saturated heterocycles. The molecule has 12 heteroatoms. The van der Waals surface area contributed by atoms with Crippen molar-refractivity contribution in [1.82, 2.24) is 4.57 Å². The summed E-state index contributed by atoms with van der Waals surface area (Å²) in [6.45, 7) is 1.86. The SMILES string of the molecule is COC(=O)C1=C(C)N=c2s/c(=C\c3cc(Cl)ccc3OCc3ccc(Cl)cc3Cl)c(=O)n2[C@H]1c1cc(Cl)ccc1OC. The third-order valence-corrected chi connectivity index (χ3v) is 8.61. The number of rotatable bonds is 7. The fraction of sp³-hybridized carbons (Fsp3) is 0.167. The van der Waals surface area contributed by atoms with E-state index in [0.717, 1.165) is 16.9 Å². The minimum atomic E-state index is -0.897. The van der Waals surface area contributed by atoms with Crippen molar-refractivity contribution in [1.29, 1.82) is 0 Å². The predicted octanol–water partition coefficient (Wildman–Crippen LogP) is 6.61. The maximum atomic E-state index is 14.0. The number of esters is 1. The molecule has 0 bridgehead atoms. The Morgan fingerprint density at radius 3 is 2.33 bits per heavy atom. The van der Waals surface area contributed by atoms with E-state index in [1.54, 1.807) is 67.6 Å². The molecule has 0 radical (unpaired) electrons. The lowest BCUT2D eigenvalue weighted by molar-refractivity contribution is -0.136. The van der Waals surface area contributed by atoms with Crippen molar-refractivity contribution in [2.24, 2.45) is 4.99 Å². The monoisotopic (exact) mass is 662 g/mol. The molecule has 1 aromatic heterocycles. The van der Waals surface area contributed by atoms with Crippen molar-refractivity contribution in [2.75, 3.05) is 14.2 Å². The molecule has 0 spiro atoms. The molecule has 0 unspecified atom stereocenters. The molecule has 5 rings (SSSR count). The third-order valence-electron chi connectivity index (χ3n) is 6.57. The van der Waals surface area contributed by atoms with E-state index in [-0.39, 0.29) is 17.7 Å². The predicted molar refractivity (Wildman–Crippen MR) is 166 cm³/mol. The van der Waals surface area contributed by atoms with Crippen molar-refractivity contribution >= 4 is 69.8 Å². The zero-order chi connectivity index (χ0) is 30.1. The minimum Gasteiger partial charge on any atom is -0.496 e. The Hall–Kier alpha value is -3.27. The largest absolute Gasteiger partial charge is 0.496 e. The first-order chi connectivity index (χ1) is 20.1. The molecule has 1 aliphatic rings. The normalized spacial score (nSPS) is 14.8. The number of methoxy groups -OCH3 is 2. The molecule has 1 atom stereocenters. The van der Waals surface area contributed by atoms with Crippen molar-refractivity contribution in [3.63, 3.8) is 0 Å². The van der Waals surface area contributed by atoms with Crippen LogP contribution in [0.5, 0.6) is 11.5 Å². The summed E-state index contributed by atoms with van der Waals surface area (Å²) in [6.07, 6.45) is 1.68. The summed E-state index contributed by atoms with van der Waals surface area (Å²) in [6, 6.07) is 14.4. The van der Waals surface area contributed by atoms with E-state index in [4.69, 9.17) is 60.6 Å². The van der Waals surface area contributed by atoms with Gasteiger partial charge in [0.2, 0.25) is 0 Å². The van der Waals surface area contributed by atoms with E-state index < -0.39 is 12.0 Å². The van der Waals surface area contributed by atoms with Gasteiger partial charge >= 0.3 is 5.97 Å². The Balaban J connectivity index is 1.65. The second-order valence-corrected chi connectivity index (χ2v) is 11.9. The number of fused-ring (bicyclic) bond motifs is 1. The molecule has 2 heterocycles. The Labute approximate surface area is 264 Å². The number of thiazole rings is 1. The Morgan fingerprint density at radius 1 is 0.976 bits per heavy atom. The second kappa shape index (κ2) is 12.5. The molecule has 0 N–H and O–H groups in total. The first kappa shape index (κ1) is 30.2. The summed E-state index contributed by atoms with van der Waals surface area (Å²) in [7, 11) is 2.78. The van der Waals surface area contributed by atoms with Crippen LogP contribution in [0.25, 0.3) is 6.08 Å². The summed E-state index contributed by atoms with van der Waals surface area (Å²) in [5.41, 5.74) is 2.04. The highest BCUT2D eigenvalue weighted by Gasteiger charge is 2.35. The number of nitrogens with zero attached hydrogens (tertiary/aromatic N) is 2. The highest BCUT2D eigenvalue weighted by atomic mass is 35.5. The summed E-state index contributed by atoms with van der Waals surface area (Å²) in [5.74, 6) is 0.307. The maximum absolute atomic E-state index is 14.0. The number of carbonyl (C=O) groups is 1. The van der Waals surface area contributed by atoms with Crippen LogP contribution in [0.3, 0.4) is 0 Å². The Kier molecular flexibility index (Phi) is 9.01. The van der Waals surface area contributed by atoms with E-state index in [1.807, 2.05) is 0 Å². The number of benzene rings is 3. The summed E-state index contributed by atoms with van der Waals surface area (Å²) >= 11 is 26.2. The molecular weight excluding hydrogens is 642 g/mol. The fourth-order valence-corrected chi connectivity index (χ4v) is 6.47. The van der Waals surface area contributed by atoms with Crippen LogP contribution < -0.4 is 24.4 Å². The van der Waals surface area contributed by atoms with Crippen LogP contribution in [-0.4, -0.2) is 24.8 Å². The smallest absolute Gasteiger partial charge is 0.338 e. The van der Waals surface area contributed by atoms with Crippen LogP contribution in [0.4, 0.5) is 0 Å². The molecule has 42 heavy (non-hydrogen) atoms. The van der Waals surface area contributed by atoms with Gasteiger partial charge in [-0.2, -0.15) is 0 Å². The maximum Gasteiger partial charge on any atom is 0.338 e. The van der Waals surface area contributed by atoms with Crippen LogP contribution in [-0.2, 0) is 16.1 Å². The quantitative estimate of drug-likeness (QED) is 0.208. The molecular formula is C30H22Cl4N2O5S. The molecule has 7 nitrogen and oxygen atoms in total. The zero-order valence-electron chi connectivity index (χ0n) is 22.4. The van der Waals surface area contributed by atoms with Gasteiger partial charge in [-0.05, 0) is 61.5 Å². The topological polar surface area (TPSA) is 79.1 Å². The molecule has 0 amide bonds. The summed E-state index contributed by atoms with van der Waals surface area (Å²) < 4.78 is 18.5. The van der Waals surface area contributed by atoms with E-state index in [0.29, 0.717) is 57.7 Å². The Morgan fingerprint density at radius 2 is 1.64 bits per heavy atom. The minimum absolute atomic E-state index is 0.163. The van der Waals surface area contributed by atoms with E-state index in [2.05, 4.69) is 4.99 Å². The van der Waals surface area contributed by atoms with Gasteiger partial charge < -0.3 is 14.2 Å². The molecule has 1 aliphatic heterocycles. The lowest BCUT2D eigenvalue weighted by Crippen LogP contribution is -2.40. The van der Waals surface area contributed by atoms with E-state index in [9.17, 15) is 9.59 Å². The average Bonchev–Trinajstić information content (AvgIpc) is 3.26. The first-order valence-corrected chi connectivity index (χ1v) is 14.7. The van der Waals surface area contributed by atoms with Gasteiger partial charge in [0.15, 0.2) is 4.80 Å². The van der Waals surface area contributed by atoms with Crippen molar-refractivity contribution < 1.29 is 19.0 Å². The van der Waals surface area contributed by atoms with Gasteiger partial charge in [-0.3, -0.25) is 9.36 Å². The molecule has 4 aromatic rings. The van der Waals surface area contributed by atoms with Crippen LogP contribution in [0.1, 0.15) is 29.7 Å². The summed E-state index contributed by atoms with van der Waals surface area (Å²) in [4.78, 5) is 32.0. The molecule has 0 aliphatic carbocycles. The van der Waals surface area contributed by atoms with Gasteiger partial charge in [-0.1, -0.05) is 63.8 Å². The number of aromatic nitrogens is 1.